The number of hydrogen-bond acceptors (Lipinski definition) is 7. The monoisotopic (exact) mass is 549 g/mol. The fourth-order valence-electron chi connectivity index (χ4n) is 3.13. The number of carbonyl (C=O) groups excluding carboxylic acids is 2. The van der Waals surface area contributed by atoms with Gasteiger partial charge in [-0.25, -0.2) is 0 Å². The minimum absolute atomic E-state index is 0.173. The van der Waals surface area contributed by atoms with Gasteiger partial charge in [0.15, 0.2) is 11.5 Å². The predicted octanol–water partition coefficient (Wildman–Crippen LogP) is 5.58. The molecule has 0 bridgehead atoms. The van der Waals surface area contributed by atoms with Crippen LogP contribution in [0.1, 0.15) is 30.9 Å². The molecule has 1 aliphatic heterocycles. The van der Waals surface area contributed by atoms with E-state index in [1.807, 2.05) is 49.4 Å². The Kier molecular flexibility index (Phi) is 9.34. The molecule has 2 aromatic rings. The van der Waals surface area contributed by atoms with Gasteiger partial charge in [0, 0.05) is 13.0 Å². The van der Waals surface area contributed by atoms with Gasteiger partial charge in [-0.3, -0.25) is 14.5 Å². The number of thioether (sulfide) groups is 1. The van der Waals surface area contributed by atoms with Crippen LogP contribution in [0.15, 0.2) is 51.8 Å². The highest BCUT2D eigenvalue weighted by Crippen LogP contribution is 2.39. The van der Waals surface area contributed by atoms with Gasteiger partial charge in [0.25, 0.3) is 5.91 Å². The number of methoxy groups -OCH3 is 1. The Balaban J connectivity index is 1.76. The molecule has 0 aromatic heterocycles. The maximum Gasteiger partial charge on any atom is 0.305 e. The number of amides is 1. The van der Waals surface area contributed by atoms with Gasteiger partial charge in [-0.15, -0.1) is 0 Å². The second-order valence-electron chi connectivity index (χ2n) is 7.05. The maximum atomic E-state index is 12.9. The van der Waals surface area contributed by atoms with Crippen molar-refractivity contribution >= 4 is 62.2 Å². The molecule has 33 heavy (non-hydrogen) atoms. The van der Waals surface area contributed by atoms with Crippen molar-refractivity contribution in [1.82, 2.24) is 4.90 Å². The first-order valence-corrected chi connectivity index (χ1v) is 12.4. The van der Waals surface area contributed by atoms with Gasteiger partial charge in [-0.2, -0.15) is 0 Å². The van der Waals surface area contributed by atoms with E-state index in [2.05, 4.69) is 20.7 Å². The van der Waals surface area contributed by atoms with E-state index in [1.54, 1.807) is 6.08 Å². The van der Waals surface area contributed by atoms with Crippen molar-refractivity contribution in [1.29, 1.82) is 0 Å². The largest absolute Gasteiger partial charge is 0.490 e. The van der Waals surface area contributed by atoms with Crippen LogP contribution in [0.2, 0.25) is 0 Å². The van der Waals surface area contributed by atoms with Crippen LogP contribution in [-0.4, -0.2) is 41.4 Å². The van der Waals surface area contributed by atoms with E-state index in [0.717, 1.165) is 15.6 Å². The summed E-state index contributed by atoms with van der Waals surface area (Å²) in [6.45, 7) is 3.15. The van der Waals surface area contributed by atoms with Gasteiger partial charge in [0.1, 0.15) is 10.9 Å². The molecule has 2 aromatic carbocycles. The Hall–Kier alpha value is -2.36. The zero-order valence-electron chi connectivity index (χ0n) is 18.3. The highest BCUT2D eigenvalue weighted by Gasteiger charge is 2.31. The summed E-state index contributed by atoms with van der Waals surface area (Å²) in [7, 11) is 1.34. The molecular formula is C24H24BrNO5S2. The number of nitrogens with zero attached hydrogens (tertiary/aromatic N) is 1. The summed E-state index contributed by atoms with van der Waals surface area (Å²) in [6.07, 6.45) is 2.51. The summed E-state index contributed by atoms with van der Waals surface area (Å²) in [5.74, 6) is 0.711. The van der Waals surface area contributed by atoms with Crippen molar-refractivity contribution in [3.05, 3.63) is 63.0 Å². The van der Waals surface area contributed by atoms with E-state index in [0.29, 0.717) is 46.9 Å². The maximum absolute atomic E-state index is 12.9. The van der Waals surface area contributed by atoms with Gasteiger partial charge in [0.2, 0.25) is 0 Å². The summed E-state index contributed by atoms with van der Waals surface area (Å²) >= 11 is 10.2. The Bertz CT molecular complexity index is 1060. The van der Waals surface area contributed by atoms with Gasteiger partial charge in [-0.05, 0) is 58.6 Å². The third-order valence-electron chi connectivity index (χ3n) is 4.72. The van der Waals surface area contributed by atoms with Gasteiger partial charge < -0.3 is 14.2 Å². The number of halogens is 1. The zero-order valence-corrected chi connectivity index (χ0v) is 21.6. The van der Waals surface area contributed by atoms with Crippen LogP contribution >= 0.6 is 39.9 Å². The zero-order chi connectivity index (χ0) is 23.8. The third kappa shape index (κ3) is 6.82. The van der Waals surface area contributed by atoms with Crippen LogP contribution in [-0.2, 0) is 20.9 Å². The molecule has 9 heteroatoms. The number of hydrogen-bond donors (Lipinski definition) is 0. The minimum Gasteiger partial charge on any atom is -0.490 e. The second-order valence-corrected chi connectivity index (χ2v) is 9.58. The van der Waals surface area contributed by atoms with Crippen LogP contribution in [0.3, 0.4) is 0 Å². The summed E-state index contributed by atoms with van der Waals surface area (Å²) < 4.78 is 17.7. The fraction of sp³-hybridized carbons (Fsp3) is 0.292. The molecule has 0 aliphatic carbocycles. The van der Waals surface area contributed by atoms with E-state index >= 15 is 0 Å². The van der Waals surface area contributed by atoms with Gasteiger partial charge in [-0.1, -0.05) is 54.3 Å². The van der Waals surface area contributed by atoms with Crippen LogP contribution in [0.25, 0.3) is 6.08 Å². The number of rotatable bonds is 10. The summed E-state index contributed by atoms with van der Waals surface area (Å²) in [5.41, 5.74) is 1.83. The molecule has 0 atom stereocenters. The Morgan fingerprint density at radius 2 is 1.97 bits per heavy atom. The van der Waals surface area contributed by atoms with Gasteiger partial charge in [0.05, 0.1) is 23.1 Å². The molecular weight excluding hydrogens is 526 g/mol. The SMILES string of the molecule is CCOc1cc(/C=C2\SC(=S)N(CCCC(=O)OC)C2=O)cc(Br)c1OCc1ccccc1. The molecule has 1 fully saturated rings. The van der Waals surface area contributed by atoms with Crippen LogP contribution in [0, 0.1) is 0 Å². The number of ether oxygens (including phenoxy) is 3. The lowest BCUT2D eigenvalue weighted by atomic mass is 10.1. The van der Waals surface area contributed by atoms with E-state index in [9.17, 15) is 9.59 Å². The third-order valence-corrected chi connectivity index (χ3v) is 6.69. The molecule has 0 N–H and O–H groups in total. The number of thiocarbonyl (C=S) groups is 1. The topological polar surface area (TPSA) is 65.1 Å². The normalized spacial score (nSPS) is 14.6. The number of benzene rings is 2. The predicted molar refractivity (Wildman–Crippen MR) is 137 cm³/mol. The lowest BCUT2D eigenvalue weighted by Crippen LogP contribution is -2.29. The molecule has 0 radical (unpaired) electrons. The molecule has 174 valence electrons. The average molecular weight is 550 g/mol. The standard InChI is InChI=1S/C24H24BrNO5S2/c1-3-30-19-13-17(12-18(25)22(19)31-15-16-8-5-4-6-9-16)14-20-23(28)26(24(32)33-20)11-7-10-21(27)29-2/h4-6,8-9,12-14H,3,7,10-11,15H2,1-2H3/b20-14-. The number of esters is 1. The van der Waals surface area contributed by atoms with Gasteiger partial charge >= 0.3 is 5.97 Å². The van der Waals surface area contributed by atoms with Crippen molar-refractivity contribution in [3.63, 3.8) is 0 Å². The lowest BCUT2D eigenvalue weighted by molar-refractivity contribution is -0.141. The number of carbonyl (C=O) groups is 2. The fourth-order valence-corrected chi connectivity index (χ4v) is 5.01. The molecule has 1 heterocycles. The molecule has 0 spiro atoms. The van der Waals surface area contributed by atoms with Crippen LogP contribution in [0.5, 0.6) is 11.5 Å². The molecule has 1 saturated heterocycles. The molecule has 0 unspecified atom stereocenters. The summed E-state index contributed by atoms with van der Waals surface area (Å²) in [5, 5.41) is 0. The smallest absolute Gasteiger partial charge is 0.305 e. The minimum atomic E-state index is -0.307. The van der Waals surface area contributed by atoms with E-state index in [1.165, 1.54) is 23.8 Å². The van der Waals surface area contributed by atoms with E-state index < -0.39 is 0 Å². The van der Waals surface area contributed by atoms with Crippen LogP contribution < -0.4 is 9.47 Å². The van der Waals surface area contributed by atoms with E-state index in [-0.39, 0.29) is 18.3 Å². The van der Waals surface area contributed by atoms with Crippen molar-refractivity contribution in [2.45, 2.75) is 26.4 Å². The lowest BCUT2D eigenvalue weighted by Gasteiger charge is -2.15. The van der Waals surface area contributed by atoms with Crippen molar-refractivity contribution < 1.29 is 23.8 Å². The van der Waals surface area contributed by atoms with Crippen LogP contribution in [0.4, 0.5) is 0 Å². The molecule has 6 nitrogen and oxygen atoms in total. The highest BCUT2D eigenvalue weighted by molar-refractivity contribution is 9.10. The molecule has 3 rings (SSSR count). The Morgan fingerprint density at radius 3 is 2.67 bits per heavy atom. The van der Waals surface area contributed by atoms with E-state index in [4.69, 9.17) is 21.7 Å². The Morgan fingerprint density at radius 1 is 1.21 bits per heavy atom. The Labute approximate surface area is 211 Å². The van der Waals surface area contributed by atoms with Crippen molar-refractivity contribution in [2.24, 2.45) is 0 Å². The summed E-state index contributed by atoms with van der Waals surface area (Å²) in [4.78, 5) is 26.2. The van der Waals surface area contributed by atoms with Crippen molar-refractivity contribution in [3.8, 4) is 11.5 Å². The molecule has 1 amide bonds. The van der Waals surface area contributed by atoms with Crippen molar-refractivity contribution in [2.75, 3.05) is 20.3 Å². The quantitative estimate of drug-likeness (QED) is 0.217. The summed E-state index contributed by atoms with van der Waals surface area (Å²) in [6, 6.07) is 13.6. The molecule has 1 aliphatic rings. The molecule has 0 saturated carbocycles. The second kappa shape index (κ2) is 12.2. The highest BCUT2D eigenvalue weighted by atomic mass is 79.9. The first-order chi connectivity index (χ1) is 15.9. The first kappa shape index (κ1) is 25.3. The first-order valence-electron chi connectivity index (χ1n) is 10.4. The average Bonchev–Trinajstić information content (AvgIpc) is 3.06.